The lowest BCUT2D eigenvalue weighted by Crippen LogP contribution is -2.42. The van der Waals surface area contributed by atoms with E-state index in [1.54, 1.807) is 17.5 Å². The number of hydrogen-bond donors (Lipinski definition) is 2. The Labute approximate surface area is 184 Å². The average molecular weight is 461 g/mol. The van der Waals surface area contributed by atoms with Crippen molar-refractivity contribution in [3.05, 3.63) is 87.9 Å². The molecule has 0 fully saturated rings. The number of rotatable bonds is 7. The summed E-state index contributed by atoms with van der Waals surface area (Å²) in [7, 11) is -3.92. The maximum atomic E-state index is 13.2. The zero-order valence-electron chi connectivity index (χ0n) is 16.7. The van der Waals surface area contributed by atoms with Crippen molar-refractivity contribution in [2.45, 2.75) is 23.6 Å². The highest BCUT2D eigenvalue weighted by Gasteiger charge is 2.31. The minimum atomic E-state index is -3.92. The van der Waals surface area contributed by atoms with E-state index in [2.05, 4.69) is 10.6 Å². The first kappa shape index (κ1) is 22.6. The van der Waals surface area contributed by atoms with Gasteiger partial charge in [-0.25, -0.2) is 12.8 Å². The molecule has 162 valence electrons. The van der Waals surface area contributed by atoms with Gasteiger partial charge in [0.05, 0.1) is 4.90 Å². The number of carbonyl (C=O) groups is 2. The largest absolute Gasteiger partial charge is 0.346 e. The second-order valence-electron chi connectivity index (χ2n) is 6.88. The van der Waals surface area contributed by atoms with Crippen LogP contribution in [0.25, 0.3) is 0 Å². The van der Waals surface area contributed by atoms with Crippen molar-refractivity contribution in [2.75, 3.05) is 6.54 Å². The molecule has 6 nitrogen and oxygen atoms in total. The topological polar surface area (TPSA) is 92.3 Å². The minimum absolute atomic E-state index is 0.0645. The second-order valence-corrected chi connectivity index (χ2v) is 9.99. The molecule has 1 aromatic heterocycles. The molecule has 1 heterocycles. The highest BCUT2D eigenvalue weighted by molar-refractivity contribution is 7.91. The Balaban J connectivity index is 1.68. The Bertz CT molecular complexity index is 1140. The van der Waals surface area contributed by atoms with Crippen LogP contribution in [0.3, 0.4) is 0 Å². The van der Waals surface area contributed by atoms with Crippen LogP contribution in [0.1, 0.15) is 21.3 Å². The molecule has 0 aliphatic rings. The monoisotopic (exact) mass is 460 g/mol. The van der Waals surface area contributed by atoms with E-state index in [0.29, 0.717) is 4.88 Å². The number of carbonyl (C=O) groups excluding carboxylic acids is 2. The standard InChI is InChI=1S/C22H21FN2O4S2/c1-15-4-6-16(7-5-15)13-24-21(26)22(27)25-14-20(19-3-2-12-30-19)31(28,29)18-10-8-17(23)9-11-18/h2-12,20H,13-14H2,1H3,(H,24,26)(H,25,27)/t20-/m0/s1. The summed E-state index contributed by atoms with van der Waals surface area (Å²) in [5, 5.41) is 5.54. The number of amides is 2. The van der Waals surface area contributed by atoms with Gasteiger partial charge in [-0.2, -0.15) is 0 Å². The molecule has 0 saturated carbocycles. The van der Waals surface area contributed by atoms with E-state index >= 15 is 0 Å². The van der Waals surface area contributed by atoms with Gasteiger partial charge in [0.25, 0.3) is 0 Å². The van der Waals surface area contributed by atoms with E-state index in [-0.39, 0.29) is 18.0 Å². The molecule has 31 heavy (non-hydrogen) atoms. The third-order valence-electron chi connectivity index (χ3n) is 4.61. The summed E-state index contributed by atoms with van der Waals surface area (Å²) >= 11 is 1.22. The molecule has 0 aliphatic carbocycles. The summed E-state index contributed by atoms with van der Waals surface area (Å²) < 4.78 is 39.4. The van der Waals surface area contributed by atoms with Gasteiger partial charge in [-0.05, 0) is 48.2 Å². The van der Waals surface area contributed by atoms with Crippen LogP contribution in [0.4, 0.5) is 4.39 Å². The zero-order valence-corrected chi connectivity index (χ0v) is 18.3. The van der Waals surface area contributed by atoms with Gasteiger partial charge in [0.1, 0.15) is 11.1 Å². The lowest BCUT2D eigenvalue weighted by molar-refractivity contribution is -0.139. The van der Waals surface area contributed by atoms with Crippen molar-refractivity contribution in [1.29, 1.82) is 0 Å². The number of sulfone groups is 1. The van der Waals surface area contributed by atoms with Crippen molar-refractivity contribution in [3.8, 4) is 0 Å². The smallest absolute Gasteiger partial charge is 0.309 e. The summed E-state index contributed by atoms with van der Waals surface area (Å²) in [5.41, 5.74) is 1.91. The number of hydrogen-bond acceptors (Lipinski definition) is 5. The van der Waals surface area contributed by atoms with Crippen molar-refractivity contribution in [1.82, 2.24) is 10.6 Å². The molecule has 3 aromatic rings. The molecule has 0 radical (unpaired) electrons. The maximum Gasteiger partial charge on any atom is 0.309 e. The molecule has 0 bridgehead atoms. The number of halogens is 1. The average Bonchev–Trinajstić information content (AvgIpc) is 3.27. The molecule has 0 unspecified atom stereocenters. The lowest BCUT2D eigenvalue weighted by atomic mass is 10.1. The summed E-state index contributed by atoms with van der Waals surface area (Å²) in [4.78, 5) is 24.8. The Hall–Kier alpha value is -3.04. The Kier molecular flexibility index (Phi) is 7.19. The third-order valence-corrected chi connectivity index (χ3v) is 7.84. The van der Waals surface area contributed by atoms with Crippen LogP contribution in [0.5, 0.6) is 0 Å². The highest BCUT2D eigenvalue weighted by Crippen LogP contribution is 2.31. The van der Waals surface area contributed by atoms with Crippen LogP contribution < -0.4 is 10.6 Å². The highest BCUT2D eigenvalue weighted by atomic mass is 32.2. The SMILES string of the molecule is Cc1ccc(CNC(=O)C(=O)NC[C@@H](c2cccs2)S(=O)(=O)c2ccc(F)cc2)cc1. The molecule has 2 N–H and O–H groups in total. The first-order chi connectivity index (χ1) is 14.8. The van der Waals surface area contributed by atoms with Crippen LogP contribution in [-0.2, 0) is 26.0 Å². The number of thiophene rings is 1. The molecule has 9 heteroatoms. The fourth-order valence-corrected chi connectivity index (χ4v) is 5.64. The summed E-state index contributed by atoms with van der Waals surface area (Å²) in [6.45, 7) is 1.82. The molecular weight excluding hydrogens is 439 g/mol. The molecule has 0 saturated heterocycles. The van der Waals surface area contributed by atoms with Gasteiger partial charge in [0.2, 0.25) is 0 Å². The normalized spacial score (nSPS) is 12.2. The van der Waals surface area contributed by atoms with Gasteiger partial charge in [-0.1, -0.05) is 35.9 Å². The Morgan fingerprint density at radius 2 is 1.61 bits per heavy atom. The van der Waals surface area contributed by atoms with Crippen LogP contribution >= 0.6 is 11.3 Å². The molecule has 0 aliphatic heterocycles. The number of benzene rings is 2. The maximum absolute atomic E-state index is 13.2. The van der Waals surface area contributed by atoms with Gasteiger partial charge in [-0.15, -0.1) is 11.3 Å². The first-order valence-corrected chi connectivity index (χ1v) is 11.8. The Morgan fingerprint density at radius 3 is 2.23 bits per heavy atom. The van der Waals surface area contributed by atoms with Crippen LogP contribution in [0.2, 0.25) is 0 Å². The molecule has 3 rings (SSSR count). The van der Waals surface area contributed by atoms with Gasteiger partial charge >= 0.3 is 11.8 Å². The van der Waals surface area contributed by atoms with Crippen LogP contribution in [0, 0.1) is 12.7 Å². The summed E-state index contributed by atoms with van der Waals surface area (Å²) in [6, 6.07) is 15.3. The fourth-order valence-electron chi connectivity index (χ4n) is 2.86. The molecular formula is C22H21FN2O4S2. The quantitative estimate of drug-likeness (QED) is 0.419. The van der Waals surface area contributed by atoms with E-state index in [0.717, 1.165) is 23.3 Å². The van der Waals surface area contributed by atoms with E-state index in [4.69, 9.17) is 0 Å². The molecule has 2 amide bonds. The predicted molar refractivity (Wildman–Crippen MR) is 117 cm³/mol. The Morgan fingerprint density at radius 1 is 0.968 bits per heavy atom. The molecule has 0 spiro atoms. The van der Waals surface area contributed by atoms with Gasteiger partial charge in [0.15, 0.2) is 9.84 Å². The molecule has 1 atom stereocenters. The summed E-state index contributed by atoms with van der Waals surface area (Å²) in [6.07, 6.45) is 0. The molecule has 2 aromatic carbocycles. The minimum Gasteiger partial charge on any atom is -0.346 e. The van der Waals surface area contributed by atoms with E-state index in [1.807, 2.05) is 31.2 Å². The van der Waals surface area contributed by atoms with E-state index in [9.17, 15) is 22.4 Å². The predicted octanol–water partition coefficient (Wildman–Crippen LogP) is 3.14. The van der Waals surface area contributed by atoms with E-state index in [1.165, 1.54) is 23.5 Å². The van der Waals surface area contributed by atoms with Crippen LogP contribution in [-0.4, -0.2) is 26.8 Å². The van der Waals surface area contributed by atoms with Crippen molar-refractivity contribution in [2.24, 2.45) is 0 Å². The van der Waals surface area contributed by atoms with E-state index < -0.39 is 32.7 Å². The fraction of sp³-hybridized carbons (Fsp3) is 0.182. The second kappa shape index (κ2) is 9.84. The number of aryl methyl sites for hydroxylation is 1. The number of nitrogens with one attached hydrogen (secondary N) is 2. The third kappa shape index (κ3) is 5.77. The van der Waals surface area contributed by atoms with Crippen molar-refractivity contribution < 1.29 is 22.4 Å². The van der Waals surface area contributed by atoms with Crippen LogP contribution in [0.15, 0.2) is 70.9 Å². The first-order valence-electron chi connectivity index (χ1n) is 9.42. The van der Waals surface area contributed by atoms with Gasteiger partial charge < -0.3 is 10.6 Å². The van der Waals surface area contributed by atoms with Crippen molar-refractivity contribution in [3.63, 3.8) is 0 Å². The zero-order chi connectivity index (χ0) is 22.4. The summed E-state index contributed by atoms with van der Waals surface area (Å²) in [5.74, 6) is -2.34. The van der Waals surface area contributed by atoms with Gasteiger partial charge in [-0.3, -0.25) is 9.59 Å². The lowest BCUT2D eigenvalue weighted by Gasteiger charge is -2.17. The van der Waals surface area contributed by atoms with Crippen molar-refractivity contribution >= 4 is 33.0 Å². The van der Waals surface area contributed by atoms with Gasteiger partial charge in [0, 0.05) is 18.0 Å².